The molecule has 0 saturated heterocycles. The van der Waals surface area contributed by atoms with Crippen LogP contribution in [0, 0.1) is 0 Å². The predicted molar refractivity (Wildman–Crippen MR) is 73.8 cm³/mol. The zero-order chi connectivity index (χ0) is 16.3. The van der Waals surface area contributed by atoms with E-state index in [2.05, 4.69) is 9.47 Å². The highest BCUT2D eigenvalue weighted by molar-refractivity contribution is 5.97. The minimum atomic E-state index is -1.22. The fourth-order valence-corrected chi connectivity index (χ4v) is 1.85. The summed E-state index contributed by atoms with van der Waals surface area (Å²) in [6.07, 6.45) is 0. The monoisotopic (exact) mass is 304 g/mol. The Bertz CT molecular complexity index is 708. The summed E-state index contributed by atoms with van der Waals surface area (Å²) >= 11 is 0. The maximum Gasteiger partial charge on any atom is 0.371 e. The summed E-state index contributed by atoms with van der Waals surface area (Å²) in [6.45, 7) is 0. The first-order valence-electron chi connectivity index (χ1n) is 6.11. The molecule has 1 aromatic heterocycles. The highest BCUT2D eigenvalue weighted by atomic mass is 16.5. The molecule has 0 aliphatic carbocycles. The molecule has 0 aliphatic rings. The summed E-state index contributed by atoms with van der Waals surface area (Å²) in [5, 5.41) is 8.86. The van der Waals surface area contributed by atoms with Gasteiger partial charge in [0, 0.05) is 5.56 Å². The van der Waals surface area contributed by atoms with Gasteiger partial charge in [-0.05, 0) is 30.3 Å². The van der Waals surface area contributed by atoms with Gasteiger partial charge in [-0.2, -0.15) is 0 Å². The van der Waals surface area contributed by atoms with E-state index in [0.29, 0.717) is 5.56 Å². The molecule has 1 N–H and O–H groups in total. The maximum atomic E-state index is 11.7. The number of methoxy groups -OCH3 is 2. The molecule has 2 rings (SSSR count). The van der Waals surface area contributed by atoms with Crippen molar-refractivity contribution in [1.82, 2.24) is 0 Å². The van der Waals surface area contributed by atoms with Crippen LogP contribution in [0.2, 0.25) is 0 Å². The molecular formula is C15H12O7. The molecular weight excluding hydrogens is 292 g/mol. The smallest absolute Gasteiger partial charge is 0.371 e. The van der Waals surface area contributed by atoms with Crippen LogP contribution in [0.3, 0.4) is 0 Å². The Hall–Kier alpha value is -3.09. The van der Waals surface area contributed by atoms with Crippen molar-refractivity contribution in [2.45, 2.75) is 0 Å². The molecule has 0 unspecified atom stereocenters. The number of carboxylic acids is 1. The van der Waals surface area contributed by atoms with Gasteiger partial charge in [0.05, 0.1) is 25.3 Å². The van der Waals surface area contributed by atoms with Gasteiger partial charge in [0.15, 0.2) is 0 Å². The van der Waals surface area contributed by atoms with Gasteiger partial charge in [0.2, 0.25) is 5.76 Å². The third kappa shape index (κ3) is 2.98. The number of carboxylic acid groups (broad SMARTS) is 1. The van der Waals surface area contributed by atoms with Gasteiger partial charge in [0.1, 0.15) is 5.76 Å². The summed E-state index contributed by atoms with van der Waals surface area (Å²) in [4.78, 5) is 34.2. The molecule has 0 bridgehead atoms. The van der Waals surface area contributed by atoms with Crippen molar-refractivity contribution >= 4 is 17.9 Å². The molecule has 0 atom stereocenters. The van der Waals surface area contributed by atoms with Crippen molar-refractivity contribution in [2.24, 2.45) is 0 Å². The minimum Gasteiger partial charge on any atom is -0.475 e. The van der Waals surface area contributed by atoms with Crippen molar-refractivity contribution in [3.63, 3.8) is 0 Å². The SMILES string of the molecule is COC(=O)c1cc(C(=O)OC)cc(-c2ccc(C(=O)O)o2)c1. The van der Waals surface area contributed by atoms with Crippen LogP contribution in [0.5, 0.6) is 0 Å². The van der Waals surface area contributed by atoms with Crippen molar-refractivity contribution in [2.75, 3.05) is 14.2 Å². The van der Waals surface area contributed by atoms with E-state index in [-0.39, 0.29) is 22.6 Å². The minimum absolute atomic E-state index is 0.119. The molecule has 7 nitrogen and oxygen atoms in total. The van der Waals surface area contributed by atoms with E-state index in [4.69, 9.17) is 9.52 Å². The number of carbonyl (C=O) groups is 3. The van der Waals surface area contributed by atoms with Crippen molar-refractivity contribution in [3.8, 4) is 11.3 Å². The number of rotatable bonds is 4. The Labute approximate surface area is 125 Å². The predicted octanol–water partition coefficient (Wildman–Crippen LogP) is 2.22. The fourth-order valence-electron chi connectivity index (χ4n) is 1.85. The van der Waals surface area contributed by atoms with Gasteiger partial charge in [-0.3, -0.25) is 0 Å². The lowest BCUT2D eigenvalue weighted by Gasteiger charge is -2.06. The van der Waals surface area contributed by atoms with Gasteiger partial charge in [0.25, 0.3) is 0 Å². The van der Waals surface area contributed by atoms with Crippen LogP contribution in [-0.4, -0.2) is 37.2 Å². The van der Waals surface area contributed by atoms with Crippen LogP contribution in [-0.2, 0) is 9.47 Å². The second kappa shape index (κ2) is 6.13. The Kier molecular flexibility index (Phi) is 4.26. The van der Waals surface area contributed by atoms with Crippen LogP contribution >= 0.6 is 0 Å². The van der Waals surface area contributed by atoms with Gasteiger partial charge in [-0.15, -0.1) is 0 Å². The lowest BCUT2D eigenvalue weighted by molar-refractivity contribution is 0.0596. The van der Waals surface area contributed by atoms with E-state index in [9.17, 15) is 14.4 Å². The van der Waals surface area contributed by atoms with E-state index in [1.807, 2.05) is 0 Å². The molecule has 22 heavy (non-hydrogen) atoms. The van der Waals surface area contributed by atoms with Crippen LogP contribution < -0.4 is 0 Å². The molecule has 1 aromatic carbocycles. The Balaban J connectivity index is 2.55. The van der Waals surface area contributed by atoms with Crippen LogP contribution in [0.25, 0.3) is 11.3 Å². The average molecular weight is 304 g/mol. The topological polar surface area (TPSA) is 103 Å². The number of carbonyl (C=O) groups excluding carboxylic acids is 2. The quantitative estimate of drug-likeness (QED) is 0.864. The van der Waals surface area contributed by atoms with Crippen molar-refractivity contribution < 1.29 is 33.4 Å². The molecule has 114 valence electrons. The standard InChI is InChI=1S/C15H12O7/c1-20-14(18)9-5-8(6-10(7-9)15(19)21-2)11-3-4-12(22-11)13(16)17/h3-7H,1-2H3,(H,16,17). The lowest BCUT2D eigenvalue weighted by Crippen LogP contribution is -2.07. The zero-order valence-corrected chi connectivity index (χ0v) is 11.8. The Morgan fingerprint density at radius 2 is 1.50 bits per heavy atom. The number of hydrogen-bond donors (Lipinski definition) is 1. The number of hydrogen-bond acceptors (Lipinski definition) is 6. The van der Waals surface area contributed by atoms with E-state index in [0.717, 1.165) is 0 Å². The van der Waals surface area contributed by atoms with E-state index in [1.165, 1.54) is 44.6 Å². The molecule has 0 spiro atoms. The third-order valence-electron chi connectivity index (χ3n) is 2.88. The maximum absolute atomic E-state index is 11.7. The molecule has 7 heteroatoms. The first-order chi connectivity index (χ1) is 10.5. The number of furan rings is 1. The number of ether oxygens (including phenoxy) is 2. The molecule has 0 amide bonds. The fraction of sp³-hybridized carbons (Fsp3) is 0.133. The number of aromatic carboxylic acids is 1. The number of esters is 2. The van der Waals surface area contributed by atoms with Gasteiger partial charge in [-0.25, -0.2) is 14.4 Å². The van der Waals surface area contributed by atoms with E-state index >= 15 is 0 Å². The van der Waals surface area contributed by atoms with Crippen LogP contribution in [0.15, 0.2) is 34.7 Å². The summed E-state index contributed by atoms with van der Waals surface area (Å²) < 4.78 is 14.4. The second-order valence-electron chi connectivity index (χ2n) is 4.25. The molecule has 0 fully saturated rings. The molecule has 0 aliphatic heterocycles. The third-order valence-corrected chi connectivity index (χ3v) is 2.88. The van der Waals surface area contributed by atoms with Crippen LogP contribution in [0.1, 0.15) is 31.3 Å². The average Bonchev–Trinajstić information content (AvgIpc) is 3.03. The van der Waals surface area contributed by atoms with Gasteiger partial charge >= 0.3 is 17.9 Å². The first kappa shape index (κ1) is 15.3. The lowest BCUT2D eigenvalue weighted by atomic mass is 10.0. The molecule has 1 heterocycles. The zero-order valence-electron chi connectivity index (χ0n) is 11.8. The first-order valence-corrected chi connectivity index (χ1v) is 6.11. The largest absolute Gasteiger partial charge is 0.475 e. The van der Waals surface area contributed by atoms with Crippen molar-refractivity contribution in [3.05, 3.63) is 47.2 Å². The molecule has 2 aromatic rings. The Morgan fingerprint density at radius 3 is 1.91 bits per heavy atom. The van der Waals surface area contributed by atoms with E-state index in [1.54, 1.807) is 0 Å². The van der Waals surface area contributed by atoms with Crippen LogP contribution in [0.4, 0.5) is 0 Å². The molecule has 0 radical (unpaired) electrons. The summed E-state index contributed by atoms with van der Waals surface area (Å²) in [7, 11) is 2.42. The summed E-state index contributed by atoms with van der Waals surface area (Å²) in [5.74, 6) is -2.55. The highest BCUT2D eigenvalue weighted by Gasteiger charge is 2.17. The van der Waals surface area contributed by atoms with Crippen molar-refractivity contribution in [1.29, 1.82) is 0 Å². The Morgan fingerprint density at radius 1 is 0.955 bits per heavy atom. The normalized spacial score (nSPS) is 10.1. The highest BCUT2D eigenvalue weighted by Crippen LogP contribution is 2.25. The summed E-state index contributed by atoms with van der Waals surface area (Å²) in [5.41, 5.74) is 0.596. The van der Waals surface area contributed by atoms with Gasteiger partial charge < -0.3 is 19.0 Å². The second-order valence-corrected chi connectivity index (χ2v) is 4.25. The molecule has 0 saturated carbocycles. The van der Waals surface area contributed by atoms with Gasteiger partial charge in [-0.1, -0.05) is 0 Å². The van der Waals surface area contributed by atoms with E-state index < -0.39 is 17.9 Å². The number of benzene rings is 1. The summed E-state index contributed by atoms with van der Waals surface area (Å²) in [6, 6.07) is 6.90.